The lowest BCUT2D eigenvalue weighted by molar-refractivity contribution is 0.102. The largest absolute Gasteiger partial charge is 0.497 e. The maximum Gasteiger partial charge on any atom is 0.255 e. The molecule has 3 aromatic carbocycles. The van der Waals surface area contributed by atoms with Crippen LogP contribution >= 0.6 is 0 Å². The number of hydrogen-bond acceptors (Lipinski definition) is 4. The lowest BCUT2D eigenvalue weighted by Gasteiger charge is -2.12. The van der Waals surface area contributed by atoms with Gasteiger partial charge >= 0.3 is 0 Å². The topological polar surface area (TPSA) is 76.7 Å². The number of carbonyl (C=O) groups is 2. The van der Waals surface area contributed by atoms with Crippen molar-refractivity contribution < 1.29 is 19.1 Å². The standard InChI is InChI=1S/C23H22N2O4/c1-15-6-4-9-18(12-15)24-22(26)16-7-5-8-17(13-16)23(27)25-20-14-19(28-2)10-11-21(20)29-3/h4-14H,1-3H3,(H,24,26)(H,25,27). The predicted octanol–water partition coefficient (Wildman–Crippen LogP) is 4.52. The van der Waals surface area contributed by atoms with E-state index < -0.39 is 0 Å². The van der Waals surface area contributed by atoms with Gasteiger partial charge in [0.2, 0.25) is 0 Å². The van der Waals surface area contributed by atoms with Crippen LogP contribution < -0.4 is 20.1 Å². The van der Waals surface area contributed by atoms with Gasteiger partial charge in [0, 0.05) is 22.9 Å². The Hall–Kier alpha value is -3.80. The summed E-state index contributed by atoms with van der Waals surface area (Å²) in [6, 6.07) is 19.2. The van der Waals surface area contributed by atoms with Crippen molar-refractivity contribution in [3.05, 3.63) is 83.4 Å². The molecule has 0 spiro atoms. The number of aryl methyl sites for hydroxylation is 1. The van der Waals surface area contributed by atoms with E-state index in [9.17, 15) is 9.59 Å². The third-order valence-corrected chi connectivity index (χ3v) is 4.32. The van der Waals surface area contributed by atoms with Crippen LogP contribution in [0.15, 0.2) is 66.7 Å². The number of methoxy groups -OCH3 is 2. The number of ether oxygens (including phenoxy) is 2. The molecular weight excluding hydrogens is 368 g/mol. The van der Waals surface area contributed by atoms with Gasteiger partial charge in [-0.05, 0) is 55.0 Å². The quantitative estimate of drug-likeness (QED) is 0.649. The Balaban J connectivity index is 1.78. The molecule has 0 saturated carbocycles. The molecule has 0 aliphatic rings. The monoisotopic (exact) mass is 390 g/mol. The molecule has 6 nitrogen and oxygen atoms in total. The summed E-state index contributed by atoms with van der Waals surface area (Å²) >= 11 is 0. The molecular formula is C23H22N2O4. The summed E-state index contributed by atoms with van der Waals surface area (Å²) in [4.78, 5) is 25.3. The van der Waals surface area contributed by atoms with E-state index >= 15 is 0 Å². The van der Waals surface area contributed by atoms with Gasteiger partial charge in [-0.2, -0.15) is 0 Å². The van der Waals surface area contributed by atoms with Gasteiger partial charge in [0.05, 0.1) is 19.9 Å². The van der Waals surface area contributed by atoms with Gasteiger partial charge in [-0.1, -0.05) is 18.2 Å². The number of anilines is 2. The fourth-order valence-electron chi connectivity index (χ4n) is 2.83. The van der Waals surface area contributed by atoms with Gasteiger partial charge < -0.3 is 20.1 Å². The summed E-state index contributed by atoms with van der Waals surface area (Å²) in [7, 11) is 3.07. The molecule has 0 radical (unpaired) electrons. The molecule has 0 aliphatic heterocycles. The first-order chi connectivity index (χ1) is 14.0. The molecule has 0 saturated heterocycles. The molecule has 3 aromatic rings. The number of carbonyl (C=O) groups excluding carboxylic acids is 2. The number of benzene rings is 3. The molecule has 0 aromatic heterocycles. The van der Waals surface area contributed by atoms with Crippen LogP contribution in [0, 0.1) is 6.92 Å². The average Bonchev–Trinajstić information content (AvgIpc) is 2.73. The predicted molar refractivity (Wildman–Crippen MR) is 113 cm³/mol. The van der Waals surface area contributed by atoms with E-state index in [0.29, 0.717) is 34.0 Å². The zero-order valence-corrected chi connectivity index (χ0v) is 16.5. The second kappa shape index (κ2) is 8.93. The van der Waals surface area contributed by atoms with Gasteiger partial charge in [0.1, 0.15) is 11.5 Å². The molecule has 148 valence electrons. The highest BCUT2D eigenvalue weighted by atomic mass is 16.5. The van der Waals surface area contributed by atoms with Crippen LogP contribution in [0.3, 0.4) is 0 Å². The lowest BCUT2D eigenvalue weighted by Crippen LogP contribution is -2.16. The Bertz CT molecular complexity index is 1050. The Morgan fingerprint density at radius 1 is 0.759 bits per heavy atom. The van der Waals surface area contributed by atoms with Crippen LogP contribution in [0.5, 0.6) is 11.5 Å². The summed E-state index contributed by atoms with van der Waals surface area (Å²) < 4.78 is 10.5. The smallest absolute Gasteiger partial charge is 0.255 e. The highest BCUT2D eigenvalue weighted by Gasteiger charge is 2.14. The van der Waals surface area contributed by atoms with E-state index in [-0.39, 0.29) is 11.8 Å². The normalized spacial score (nSPS) is 10.2. The van der Waals surface area contributed by atoms with Crippen LogP contribution in [0.2, 0.25) is 0 Å². The molecule has 0 heterocycles. The zero-order chi connectivity index (χ0) is 20.8. The summed E-state index contributed by atoms with van der Waals surface area (Å²) in [6.07, 6.45) is 0. The van der Waals surface area contributed by atoms with Crippen molar-refractivity contribution in [2.24, 2.45) is 0 Å². The third-order valence-electron chi connectivity index (χ3n) is 4.32. The van der Waals surface area contributed by atoms with Gasteiger partial charge in [-0.3, -0.25) is 9.59 Å². The summed E-state index contributed by atoms with van der Waals surface area (Å²) in [5.41, 5.74) is 2.96. The van der Waals surface area contributed by atoms with Gasteiger partial charge in [0.25, 0.3) is 11.8 Å². The SMILES string of the molecule is COc1ccc(OC)c(NC(=O)c2cccc(C(=O)Nc3cccc(C)c3)c2)c1. The van der Waals surface area contributed by atoms with E-state index in [2.05, 4.69) is 10.6 Å². The molecule has 0 unspecified atom stereocenters. The van der Waals surface area contributed by atoms with Crippen molar-refractivity contribution in [2.75, 3.05) is 24.9 Å². The van der Waals surface area contributed by atoms with Crippen molar-refractivity contribution in [3.63, 3.8) is 0 Å². The maximum atomic E-state index is 12.7. The molecule has 2 amide bonds. The summed E-state index contributed by atoms with van der Waals surface area (Å²) in [6.45, 7) is 1.95. The highest BCUT2D eigenvalue weighted by molar-refractivity contribution is 6.09. The molecule has 29 heavy (non-hydrogen) atoms. The van der Waals surface area contributed by atoms with Crippen molar-refractivity contribution in [1.82, 2.24) is 0 Å². The zero-order valence-electron chi connectivity index (χ0n) is 16.5. The van der Waals surface area contributed by atoms with Gasteiger partial charge in [0.15, 0.2) is 0 Å². The molecule has 6 heteroatoms. The van der Waals surface area contributed by atoms with Crippen molar-refractivity contribution in [3.8, 4) is 11.5 Å². The van der Waals surface area contributed by atoms with Crippen molar-refractivity contribution in [2.45, 2.75) is 6.92 Å². The molecule has 0 atom stereocenters. The Labute approximate surface area is 169 Å². The second-order valence-corrected chi connectivity index (χ2v) is 6.42. The van der Waals surface area contributed by atoms with Crippen LogP contribution in [0.1, 0.15) is 26.3 Å². The van der Waals surface area contributed by atoms with Crippen LogP contribution in [0.4, 0.5) is 11.4 Å². The average molecular weight is 390 g/mol. The number of rotatable bonds is 6. The van der Waals surface area contributed by atoms with Crippen molar-refractivity contribution in [1.29, 1.82) is 0 Å². The summed E-state index contributed by atoms with van der Waals surface area (Å²) in [5.74, 6) is 0.450. The first-order valence-corrected chi connectivity index (χ1v) is 9.01. The molecule has 0 fully saturated rings. The van der Waals surface area contributed by atoms with E-state index in [1.165, 1.54) is 7.11 Å². The van der Waals surface area contributed by atoms with Gasteiger partial charge in [-0.25, -0.2) is 0 Å². The van der Waals surface area contributed by atoms with Gasteiger partial charge in [-0.15, -0.1) is 0 Å². The maximum absolute atomic E-state index is 12.7. The second-order valence-electron chi connectivity index (χ2n) is 6.42. The number of nitrogens with one attached hydrogen (secondary N) is 2. The molecule has 0 aliphatic carbocycles. The van der Waals surface area contributed by atoms with Crippen molar-refractivity contribution >= 4 is 23.2 Å². The highest BCUT2D eigenvalue weighted by Crippen LogP contribution is 2.29. The molecule has 3 rings (SSSR count). The fraction of sp³-hybridized carbons (Fsp3) is 0.130. The Kier molecular flexibility index (Phi) is 6.14. The number of amides is 2. The van der Waals surface area contributed by atoms with E-state index in [1.807, 2.05) is 31.2 Å². The van der Waals surface area contributed by atoms with E-state index in [1.54, 1.807) is 49.6 Å². The van der Waals surface area contributed by atoms with E-state index in [0.717, 1.165) is 5.56 Å². The first kappa shape index (κ1) is 19.9. The Morgan fingerprint density at radius 2 is 1.45 bits per heavy atom. The minimum atomic E-state index is -0.359. The Morgan fingerprint density at radius 3 is 2.10 bits per heavy atom. The fourth-order valence-corrected chi connectivity index (χ4v) is 2.83. The number of hydrogen-bond donors (Lipinski definition) is 2. The lowest BCUT2D eigenvalue weighted by atomic mass is 10.1. The van der Waals surface area contributed by atoms with E-state index in [4.69, 9.17) is 9.47 Å². The van der Waals surface area contributed by atoms with Crippen LogP contribution in [0.25, 0.3) is 0 Å². The minimum absolute atomic E-state index is 0.288. The molecule has 2 N–H and O–H groups in total. The van der Waals surface area contributed by atoms with Crippen LogP contribution in [-0.2, 0) is 0 Å². The summed E-state index contributed by atoms with van der Waals surface area (Å²) in [5, 5.41) is 5.64. The first-order valence-electron chi connectivity index (χ1n) is 9.01. The minimum Gasteiger partial charge on any atom is -0.497 e. The third kappa shape index (κ3) is 4.93. The van der Waals surface area contributed by atoms with Crippen LogP contribution in [-0.4, -0.2) is 26.0 Å². The molecule has 0 bridgehead atoms.